The topological polar surface area (TPSA) is 113 Å². The number of benzene rings is 1. The van der Waals surface area contributed by atoms with Gasteiger partial charge in [0.15, 0.2) is 0 Å². The third kappa shape index (κ3) is 6.36. The van der Waals surface area contributed by atoms with Crippen molar-refractivity contribution in [1.29, 1.82) is 0 Å². The summed E-state index contributed by atoms with van der Waals surface area (Å²) in [6.07, 6.45) is 16.8. The fourth-order valence-corrected chi connectivity index (χ4v) is 16.4. The largest absolute Gasteiger partial charge is 0.481 e. The van der Waals surface area contributed by atoms with Gasteiger partial charge < -0.3 is 19.7 Å². The molecule has 1 aromatic carbocycles. The zero-order valence-corrected chi connectivity index (χ0v) is 37.8. The van der Waals surface area contributed by atoms with Crippen LogP contribution in [0.4, 0.5) is 4.39 Å². The number of nitrogens with one attached hydrogen (secondary N) is 1. The van der Waals surface area contributed by atoms with Crippen molar-refractivity contribution in [1.82, 2.24) is 14.9 Å². The molecular weight excluding hydrogens is 754 g/mol. The fourth-order valence-electron chi connectivity index (χ4n) is 16.4. The Balaban J connectivity index is 0.979. The first kappa shape index (κ1) is 42.1. The molecule has 1 aromatic heterocycles. The van der Waals surface area contributed by atoms with Gasteiger partial charge in [0.2, 0.25) is 5.91 Å². The summed E-state index contributed by atoms with van der Waals surface area (Å²) in [5.74, 6) is 2.22. The molecule has 7 aliphatic rings. The Labute approximate surface area is 358 Å². The molecule has 6 saturated carbocycles. The number of esters is 1. The number of rotatable bonds is 9. The van der Waals surface area contributed by atoms with Crippen LogP contribution in [0.15, 0.2) is 30.5 Å². The van der Waals surface area contributed by atoms with Gasteiger partial charge in [0.05, 0.1) is 36.2 Å². The number of ether oxygens (including phenoxy) is 1. The number of H-pyrrole nitrogens is 1. The number of carboxylic acid groups (broad SMARTS) is 1. The highest BCUT2D eigenvalue weighted by Gasteiger charge is 2.74. The van der Waals surface area contributed by atoms with Gasteiger partial charge in [-0.05, 0) is 159 Å². The number of halogens is 1. The SMILES string of the molecule is CC(C)(CC(=O)O)CC(=O)O[C@H]1CC[C@]2(C)[C@H]3CC[C@@H]4[C@H]5[C@H](C6(C)CC6)CC[C@]5(C(=O)N5CCC[C@H]5c5ncc(-c6cccc(F)c6)[nH]5)CC[C@@]4(C)[C@]3(C)CC[C@H]2C1(C)C. The summed E-state index contributed by atoms with van der Waals surface area (Å²) in [7, 11) is 0. The summed E-state index contributed by atoms with van der Waals surface area (Å²) in [4.78, 5) is 51.1. The van der Waals surface area contributed by atoms with Gasteiger partial charge in [0, 0.05) is 17.5 Å². The van der Waals surface area contributed by atoms with Crippen molar-refractivity contribution in [2.24, 2.45) is 67.5 Å². The predicted molar refractivity (Wildman–Crippen MR) is 230 cm³/mol. The minimum absolute atomic E-state index is 0.0587. The molecule has 328 valence electrons. The Kier molecular flexibility index (Phi) is 9.92. The van der Waals surface area contributed by atoms with Crippen molar-refractivity contribution in [3.63, 3.8) is 0 Å². The summed E-state index contributed by atoms with van der Waals surface area (Å²) >= 11 is 0. The Morgan fingerprint density at radius 3 is 2.35 bits per heavy atom. The summed E-state index contributed by atoms with van der Waals surface area (Å²) in [5, 5.41) is 9.41. The number of carbonyl (C=O) groups excluding carboxylic acids is 2. The molecule has 0 radical (unpaired) electrons. The Bertz CT molecular complexity index is 2040. The zero-order chi connectivity index (χ0) is 42.8. The van der Waals surface area contributed by atoms with E-state index in [9.17, 15) is 19.1 Å². The van der Waals surface area contributed by atoms with Gasteiger partial charge in [-0.3, -0.25) is 14.4 Å². The maximum absolute atomic E-state index is 15.7. The van der Waals surface area contributed by atoms with Crippen LogP contribution in [0, 0.1) is 73.3 Å². The van der Waals surface area contributed by atoms with Gasteiger partial charge in [0.25, 0.3) is 0 Å². The maximum Gasteiger partial charge on any atom is 0.306 e. The van der Waals surface area contributed by atoms with Crippen LogP contribution in [0.1, 0.15) is 170 Å². The van der Waals surface area contributed by atoms with Gasteiger partial charge in [-0.15, -0.1) is 0 Å². The van der Waals surface area contributed by atoms with Crippen molar-refractivity contribution >= 4 is 17.8 Å². The molecule has 1 aliphatic heterocycles. The van der Waals surface area contributed by atoms with E-state index in [2.05, 4.69) is 51.4 Å². The molecule has 1 saturated heterocycles. The number of fused-ring (bicyclic) bond motifs is 7. The van der Waals surface area contributed by atoms with E-state index in [4.69, 9.17) is 9.72 Å². The third-order valence-corrected chi connectivity index (χ3v) is 19.8. The number of aromatic amines is 1. The lowest BCUT2D eigenvalue weighted by Crippen LogP contribution is -2.67. The molecule has 2 heterocycles. The van der Waals surface area contributed by atoms with Crippen molar-refractivity contribution in [2.75, 3.05) is 6.54 Å². The lowest BCUT2D eigenvalue weighted by molar-refractivity contribution is -0.251. The molecule has 9 rings (SSSR count). The number of hydrogen-bond acceptors (Lipinski definition) is 5. The number of hydrogen-bond donors (Lipinski definition) is 2. The number of aliphatic carboxylic acids is 1. The van der Waals surface area contributed by atoms with Crippen LogP contribution in [0.3, 0.4) is 0 Å². The lowest BCUT2D eigenvalue weighted by Gasteiger charge is -2.73. The third-order valence-electron chi connectivity index (χ3n) is 19.8. The molecular formula is C51H72FN3O5. The molecule has 0 bridgehead atoms. The van der Waals surface area contributed by atoms with Crippen molar-refractivity contribution in [3.05, 3.63) is 42.1 Å². The van der Waals surface area contributed by atoms with E-state index in [1.54, 1.807) is 12.3 Å². The molecule has 8 nitrogen and oxygen atoms in total. The second kappa shape index (κ2) is 14.1. The van der Waals surface area contributed by atoms with Crippen molar-refractivity contribution < 1.29 is 28.6 Å². The smallest absolute Gasteiger partial charge is 0.306 e. The molecule has 60 heavy (non-hydrogen) atoms. The molecule has 2 N–H and O–H groups in total. The molecule has 1 amide bonds. The first-order valence-electron chi connectivity index (χ1n) is 23.7. The molecule has 9 heteroatoms. The van der Waals surface area contributed by atoms with Crippen LogP contribution in [0.5, 0.6) is 0 Å². The number of likely N-dealkylation sites (tertiary alicyclic amines) is 1. The van der Waals surface area contributed by atoms with Crippen LogP contribution in [-0.4, -0.2) is 50.5 Å². The second-order valence-electron chi connectivity index (χ2n) is 23.7. The molecule has 7 fully saturated rings. The summed E-state index contributed by atoms with van der Waals surface area (Å²) < 4.78 is 20.5. The number of imidazole rings is 1. The van der Waals surface area contributed by atoms with Crippen LogP contribution in [0.2, 0.25) is 0 Å². The quantitative estimate of drug-likeness (QED) is 0.244. The first-order valence-corrected chi connectivity index (χ1v) is 23.7. The van der Waals surface area contributed by atoms with E-state index in [0.717, 1.165) is 87.8 Å². The highest BCUT2D eigenvalue weighted by molar-refractivity contribution is 5.84. The van der Waals surface area contributed by atoms with E-state index in [0.29, 0.717) is 40.9 Å². The zero-order valence-electron chi connectivity index (χ0n) is 37.8. The first-order chi connectivity index (χ1) is 28.2. The minimum Gasteiger partial charge on any atom is -0.481 e. The number of nitrogens with zero attached hydrogens (tertiary/aromatic N) is 2. The van der Waals surface area contributed by atoms with Crippen LogP contribution in [-0.2, 0) is 19.1 Å². The number of carboxylic acids is 1. The van der Waals surface area contributed by atoms with Gasteiger partial charge in [-0.2, -0.15) is 0 Å². The molecule has 0 spiro atoms. The van der Waals surface area contributed by atoms with Crippen LogP contribution >= 0.6 is 0 Å². The lowest BCUT2D eigenvalue weighted by atomic mass is 9.32. The highest BCUT2D eigenvalue weighted by atomic mass is 19.1. The normalized spacial score (nSPS) is 40.1. The van der Waals surface area contributed by atoms with E-state index in [1.807, 2.05) is 19.9 Å². The average molecular weight is 826 g/mol. The van der Waals surface area contributed by atoms with E-state index < -0.39 is 11.4 Å². The average Bonchev–Trinajstić information content (AvgIpc) is 3.55. The van der Waals surface area contributed by atoms with E-state index in [1.165, 1.54) is 37.8 Å². The van der Waals surface area contributed by atoms with Crippen molar-refractivity contribution in [2.45, 2.75) is 170 Å². The van der Waals surface area contributed by atoms with Gasteiger partial charge >= 0.3 is 11.9 Å². The maximum atomic E-state index is 15.7. The van der Waals surface area contributed by atoms with Crippen molar-refractivity contribution in [3.8, 4) is 11.3 Å². The van der Waals surface area contributed by atoms with E-state index >= 15 is 4.79 Å². The Morgan fingerprint density at radius 1 is 0.867 bits per heavy atom. The van der Waals surface area contributed by atoms with Crippen LogP contribution < -0.4 is 0 Å². The Hall–Kier alpha value is -3.23. The minimum atomic E-state index is -0.890. The predicted octanol–water partition coefficient (Wildman–Crippen LogP) is 11.6. The fraction of sp³-hybridized carbons (Fsp3) is 0.765. The standard InChI is InChI=1S/C51H72FN3O5/c1-45(2,28-40(56)57)29-41(58)60-39-18-19-48(6)37(46(39,3)4)17-20-50(8)38(48)15-14-34-42-33(47(5)22-23-47)16-21-51(42,25-24-49(34,50)7)44(59)55-26-10-13-36(55)43-53-30-35(54-43)31-11-9-12-32(52)27-31/h9,11-12,27,30,33-34,36-39,42H,10,13-26,28-29H2,1-8H3,(H,53,54)(H,56,57)/t33-,34-,36+,37+,38-,39+,42-,48+,49-,50-,51+/m1/s1. The van der Waals surface area contributed by atoms with Gasteiger partial charge in [-0.1, -0.05) is 67.5 Å². The number of carbonyl (C=O) groups is 3. The summed E-state index contributed by atoms with van der Waals surface area (Å²) in [6.45, 7) is 19.6. The van der Waals surface area contributed by atoms with Gasteiger partial charge in [-0.25, -0.2) is 9.37 Å². The Morgan fingerprint density at radius 2 is 1.63 bits per heavy atom. The van der Waals surface area contributed by atoms with Crippen LogP contribution in [0.25, 0.3) is 11.3 Å². The molecule has 11 atom stereocenters. The second-order valence-corrected chi connectivity index (χ2v) is 23.7. The highest BCUT2D eigenvalue weighted by Crippen LogP contribution is 2.79. The summed E-state index contributed by atoms with van der Waals surface area (Å²) in [5.41, 5.74) is 1.10. The van der Waals surface area contributed by atoms with Gasteiger partial charge in [0.1, 0.15) is 17.7 Å². The molecule has 6 aliphatic carbocycles. The molecule has 2 aromatic rings. The van der Waals surface area contributed by atoms with E-state index in [-0.39, 0.29) is 63.8 Å². The number of amides is 1. The monoisotopic (exact) mass is 826 g/mol. The number of aromatic nitrogens is 2. The molecule has 0 unspecified atom stereocenters. The summed E-state index contributed by atoms with van der Waals surface area (Å²) in [6, 6.07) is 6.54.